The van der Waals surface area contributed by atoms with Gasteiger partial charge in [-0.25, -0.2) is 0 Å². The molecule has 6 rings (SSSR count). The Bertz CT molecular complexity index is 747. The predicted molar refractivity (Wildman–Crippen MR) is 101 cm³/mol. The number of hydrogen-bond donors (Lipinski definition) is 0. The number of rotatable bonds is 1. The Balaban J connectivity index is 1.44. The van der Waals surface area contributed by atoms with Gasteiger partial charge in [0.25, 0.3) is 0 Å². The molecule has 0 aromatic rings. The minimum absolute atomic E-state index is 0.0194. The molecule has 0 radical (unpaired) electrons. The van der Waals surface area contributed by atoms with Gasteiger partial charge in [-0.2, -0.15) is 0 Å². The summed E-state index contributed by atoms with van der Waals surface area (Å²) in [5.74, 6) is 5.37. The average Bonchev–Trinajstić information content (AvgIpc) is 3.20. The van der Waals surface area contributed by atoms with Crippen LogP contribution in [0.2, 0.25) is 0 Å². The maximum atomic E-state index is 12.0. The Morgan fingerprint density at radius 1 is 1.31 bits per heavy atom. The Labute approximate surface area is 156 Å². The van der Waals surface area contributed by atoms with Crippen molar-refractivity contribution in [2.45, 2.75) is 51.0 Å². The average molecular weight is 351 g/mol. The first-order valence-corrected chi connectivity index (χ1v) is 10.8. The molecule has 1 spiro atoms. The van der Waals surface area contributed by atoms with Crippen molar-refractivity contribution in [1.82, 2.24) is 0 Å². The van der Waals surface area contributed by atoms with Crippen molar-refractivity contribution in [3.63, 3.8) is 0 Å². The monoisotopic (exact) mass is 350 g/mol. The number of fused-ring (bicyclic) bond motifs is 9. The van der Waals surface area contributed by atoms with Crippen LogP contribution in [0.1, 0.15) is 45.4 Å². The minimum Gasteiger partial charge on any atom is -0.366 e. The molecule has 4 saturated carbocycles. The third-order valence-electron chi connectivity index (χ3n) is 9.42. The quantitative estimate of drug-likeness (QED) is 0.640. The van der Waals surface area contributed by atoms with Crippen LogP contribution in [0.15, 0.2) is 36.5 Å². The van der Waals surface area contributed by atoms with Crippen LogP contribution in [-0.2, 0) is 9.53 Å². The van der Waals surface area contributed by atoms with Crippen LogP contribution in [0.5, 0.6) is 0 Å². The van der Waals surface area contributed by atoms with Crippen molar-refractivity contribution in [3.05, 3.63) is 36.5 Å². The van der Waals surface area contributed by atoms with E-state index in [4.69, 9.17) is 4.74 Å². The van der Waals surface area contributed by atoms with Gasteiger partial charge in [0.05, 0.1) is 12.2 Å². The van der Waals surface area contributed by atoms with Crippen LogP contribution in [0.4, 0.5) is 0 Å². The van der Waals surface area contributed by atoms with Gasteiger partial charge in [0.15, 0.2) is 0 Å². The molecule has 1 heterocycles. The highest BCUT2D eigenvalue weighted by molar-refractivity contribution is 5.82. The number of carbonyl (C=O) groups excluding carboxylic acids is 1. The molecule has 138 valence electrons. The van der Waals surface area contributed by atoms with E-state index >= 15 is 0 Å². The molecule has 2 heteroatoms. The van der Waals surface area contributed by atoms with E-state index in [1.54, 1.807) is 0 Å². The molecule has 5 aliphatic carbocycles. The van der Waals surface area contributed by atoms with Gasteiger partial charge >= 0.3 is 0 Å². The number of hydrogen-bond acceptors (Lipinski definition) is 2. The van der Waals surface area contributed by atoms with Crippen molar-refractivity contribution in [3.8, 4) is 0 Å². The molecule has 0 aromatic heterocycles. The molecule has 6 aliphatic rings. The second-order valence-electron chi connectivity index (χ2n) is 10.2. The molecule has 9 atom stereocenters. The zero-order valence-corrected chi connectivity index (χ0v) is 15.8. The van der Waals surface area contributed by atoms with Gasteiger partial charge in [-0.3, -0.25) is 4.79 Å². The number of ether oxygens (including phenoxy) is 1. The molecule has 1 aliphatic heterocycles. The Morgan fingerprint density at radius 3 is 2.96 bits per heavy atom. The van der Waals surface area contributed by atoms with Crippen LogP contribution >= 0.6 is 0 Å². The topological polar surface area (TPSA) is 26.3 Å². The third kappa shape index (κ3) is 1.71. The van der Waals surface area contributed by atoms with E-state index in [9.17, 15) is 4.79 Å². The van der Waals surface area contributed by atoms with Gasteiger partial charge in [0.1, 0.15) is 5.78 Å². The molecule has 0 aromatic carbocycles. The SMILES string of the molecule is C=C[C@@H]1C=C2CC(=O)CC[C@@H]2[C@H]2CC[C@@]3(C)[C@@H]([C@H]4C[C@H]4[C@@]34C=CCO4)[C@H]12. The molecule has 0 bridgehead atoms. The summed E-state index contributed by atoms with van der Waals surface area (Å²) in [6, 6.07) is 0. The van der Waals surface area contributed by atoms with Crippen molar-refractivity contribution in [2.24, 2.45) is 46.8 Å². The first-order chi connectivity index (χ1) is 12.6. The van der Waals surface area contributed by atoms with Crippen molar-refractivity contribution in [1.29, 1.82) is 0 Å². The fourth-order valence-corrected chi connectivity index (χ4v) is 8.50. The highest BCUT2D eigenvalue weighted by atomic mass is 16.5. The second-order valence-corrected chi connectivity index (χ2v) is 10.2. The highest BCUT2D eigenvalue weighted by Crippen LogP contribution is 2.77. The molecular weight excluding hydrogens is 320 g/mol. The number of allylic oxidation sites excluding steroid dienone is 3. The maximum absolute atomic E-state index is 12.0. The predicted octanol–water partition coefficient (Wildman–Crippen LogP) is 4.72. The Hall–Kier alpha value is -1.15. The van der Waals surface area contributed by atoms with Gasteiger partial charge in [0, 0.05) is 18.3 Å². The molecule has 0 unspecified atom stereocenters. The van der Waals surface area contributed by atoms with Gasteiger partial charge in [0.2, 0.25) is 0 Å². The standard InChI is InChI=1S/C24H30O2/c1-3-14-11-15-12-16(25)5-6-17(15)18-7-9-23(2)22(21(14)18)19-13-20(19)24(23)8-4-10-26-24/h3-4,8,11,14,17-22H,1,5-7,9-10,12-13H2,2H3/t14-,17+,18-,19+,20-,21-,22+,23+,24+/m1/s1. The molecular formula is C24H30O2. The van der Waals surface area contributed by atoms with Crippen LogP contribution < -0.4 is 0 Å². The van der Waals surface area contributed by atoms with E-state index in [2.05, 4.69) is 37.8 Å². The molecule has 4 fully saturated rings. The summed E-state index contributed by atoms with van der Waals surface area (Å²) in [5.41, 5.74) is 1.75. The number of carbonyl (C=O) groups is 1. The van der Waals surface area contributed by atoms with E-state index in [0.717, 1.165) is 43.1 Å². The Kier molecular flexibility index (Phi) is 3.06. The van der Waals surface area contributed by atoms with E-state index in [1.165, 1.54) is 24.8 Å². The summed E-state index contributed by atoms with van der Waals surface area (Å²) in [6.45, 7) is 7.57. The first kappa shape index (κ1) is 15.9. The van der Waals surface area contributed by atoms with Crippen LogP contribution in [0.3, 0.4) is 0 Å². The zero-order valence-electron chi connectivity index (χ0n) is 15.8. The zero-order chi connectivity index (χ0) is 17.7. The van der Waals surface area contributed by atoms with E-state index in [1.807, 2.05) is 0 Å². The third-order valence-corrected chi connectivity index (χ3v) is 9.42. The van der Waals surface area contributed by atoms with Gasteiger partial charge < -0.3 is 4.74 Å². The normalized spacial score (nSPS) is 56.4. The summed E-state index contributed by atoms with van der Waals surface area (Å²) >= 11 is 0. The summed E-state index contributed by atoms with van der Waals surface area (Å²) in [5, 5.41) is 0. The molecule has 0 N–H and O–H groups in total. The minimum atomic E-state index is 0.0194. The second kappa shape index (κ2) is 5.01. The lowest BCUT2D eigenvalue weighted by Crippen LogP contribution is -2.55. The largest absolute Gasteiger partial charge is 0.366 e. The van der Waals surface area contributed by atoms with E-state index < -0.39 is 0 Å². The lowest BCUT2D eigenvalue weighted by molar-refractivity contribution is -0.134. The number of Topliss-reactive ketones (excluding diaryl/α,β-unsaturated/α-hetero) is 1. The lowest BCUT2D eigenvalue weighted by Gasteiger charge is -2.58. The molecule has 26 heavy (non-hydrogen) atoms. The van der Waals surface area contributed by atoms with E-state index in [-0.39, 0.29) is 11.0 Å². The van der Waals surface area contributed by atoms with Gasteiger partial charge in [-0.05, 0) is 67.1 Å². The van der Waals surface area contributed by atoms with Crippen LogP contribution in [0.25, 0.3) is 0 Å². The van der Waals surface area contributed by atoms with E-state index in [0.29, 0.717) is 30.0 Å². The summed E-state index contributed by atoms with van der Waals surface area (Å²) in [4.78, 5) is 12.0. The summed E-state index contributed by atoms with van der Waals surface area (Å²) < 4.78 is 6.50. The first-order valence-electron chi connectivity index (χ1n) is 10.8. The van der Waals surface area contributed by atoms with Crippen molar-refractivity contribution < 1.29 is 9.53 Å². The van der Waals surface area contributed by atoms with Crippen LogP contribution in [-0.4, -0.2) is 18.0 Å². The summed E-state index contributed by atoms with van der Waals surface area (Å²) in [6.07, 6.45) is 15.9. The smallest absolute Gasteiger partial charge is 0.136 e. The van der Waals surface area contributed by atoms with Crippen LogP contribution in [0, 0.1) is 46.8 Å². The molecule has 0 amide bonds. The molecule has 0 saturated heterocycles. The fraction of sp³-hybridized carbons (Fsp3) is 0.708. The van der Waals surface area contributed by atoms with Gasteiger partial charge in [-0.1, -0.05) is 36.8 Å². The van der Waals surface area contributed by atoms with Crippen molar-refractivity contribution in [2.75, 3.05) is 6.61 Å². The Morgan fingerprint density at radius 2 is 2.19 bits per heavy atom. The molecule has 2 nitrogen and oxygen atoms in total. The highest BCUT2D eigenvalue weighted by Gasteiger charge is 2.76. The maximum Gasteiger partial charge on any atom is 0.136 e. The van der Waals surface area contributed by atoms with Crippen molar-refractivity contribution >= 4 is 5.78 Å². The summed E-state index contributed by atoms with van der Waals surface area (Å²) in [7, 11) is 0. The van der Waals surface area contributed by atoms with Gasteiger partial charge in [-0.15, -0.1) is 6.58 Å². The number of ketones is 1. The lowest BCUT2D eigenvalue weighted by atomic mass is 9.47. The fourth-order valence-electron chi connectivity index (χ4n) is 8.50.